The summed E-state index contributed by atoms with van der Waals surface area (Å²) in [7, 11) is 1.22. The van der Waals surface area contributed by atoms with Gasteiger partial charge in [0.05, 0.1) is 17.6 Å². The molecule has 11 nitrogen and oxygen atoms in total. The number of fused-ring (bicyclic) bond motifs is 1. The third kappa shape index (κ3) is 5.71. The molecule has 1 aromatic heterocycles. The number of esters is 2. The molecule has 2 unspecified atom stereocenters. The Morgan fingerprint density at radius 2 is 1.85 bits per heavy atom. The van der Waals surface area contributed by atoms with Crippen molar-refractivity contribution in [3.05, 3.63) is 91.5 Å². The van der Waals surface area contributed by atoms with Crippen LogP contribution < -0.4 is 10.4 Å². The minimum atomic E-state index is -0.977. The summed E-state index contributed by atoms with van der Waals surface area (Å²) in [5.74, 6) is -2.84. The summed E-state index contributed by atoms with van der Waals surface area (Å²) in [6.07, 6.45) is 0. The Labute approximate surface area is 222 Å². The first kappa shape index (κ1) is 27.2. The normalized spacial score (nSPS) is 17.0. The minimum Gasteiger partial charge on any atom is -0.490 e. The van der Waals surface area contributed by atoms with Crippen molar-refractivity contribution >= 4 is 34.3 Å². The summed E-state index contributed by atoms with van der Waals surface area (Å²) >= 11 is 0. The van der Waals surface area contributed by atoms with Gasteiger partial charge in [0.15, 0.2) is 0 Å². The topological polar surface area (TPSA) is 148 Å². The van der Waals surface area contributed by atoms with Crippen LogP contribution in [0.15, 0.2) is 74.0 Å². The number of benzene rings is 2. The van der Waals surface area contributed by atoms with E-state index in [0.717, 1.165) is 10.9 Å². The fourth-order valence-electron chi connectivity index (χ4n) is 4.69. The lowest BCUT2D eigenvalue weighted by atomic mass is 9.75. The number of methoxy groups -OCH3 is 1. The lowest BCUT2D eigenvalue weighted by molar-refractivity contribution is -0.384. The van der Waals surface area contributed by atoms with Gasteiger partial charge in [-0.2, -0.15) is 0 Å². The highest BCUT2D eigenvalue weighted by molar-refractivity contribution is 6.07. The number of nitro benzene ring substituents is 1. The number of hydrogen-bond acceptors (Lipinski definition) is 10. The second-order valence-electron chi connectivity index (χ2n) is 8.97. The van der Waals surface area contributed by atoms with Crippen molar-refractivity contribution in [2.24, 2.45) is 10.9 Å². The van der Waals surface area contributed by atoms with Crippen molar-refractivity contribution in [2.45, 2.75) is 26.7 Å². The first-order valence-electron chi connectivity index (χ1n) is 12.0. The third-order valence-electron chi connectivity index (χ3n) is 6.45. The Balaban J connectivity index is 1.54. The van der Waals surface area contributed by atoms with E-state index in [-0.39, 0.29) is 24.5 Å². The zero-order chi connectivity index (χ0) is 28.3. The predicted octanol–water partition coefficient (Wildman–Crippen LogP) is 4.25. The van der Waals surface area contributed by atoms with Crippen LogP contribution in [0.4, 0.5) is 5.69 Å². The molecule has 11 heteroatoms. The van der Waals surface area contributed by atoms with E-state index in [2.05, 4.69) is 4.99 Å². The minimum absolute atomic E-state index is 0.0101. The Morgan fingerprint density at radius 3 is 2.56 bits per heavy atom. The highest BCUT2D eigenvalue weighted by Gasteiger charge is 2.42. The van der Waals surface area contributed by atoms with Gasteiger partial charge in [0, 0.05) is 47.0 Å². The van der Waals surface area contributed by atoms with Crippen LogP contribution in [0.25, 0.3) is 11.0 Å². The highest BCUT2D eigenvalue weighted by atomic mass is 16.6. The van der Waals surface area contributed by atoms with Crippen LogP contribution in [0.3, 0.4) is 0 Å². The van der Waals surface area contributed by atoms with Crippen molar-refractivity contribution in [1.82, 2.24) is 0 Å². The summed E-state index contributed by atoms with van der Waals surface area (Å²) in [5.41, 5.74) is 1.71. The third-order valence-corrected chi connectivity index (χ3v) is 6.45. The number of allylic oxidation sites excluding steroid dienone is 1. The van der Waals surface area contributed by atoms with Crippen molar-refractivity contribution < 1.29 is 33.1 Å². The molecular formula is C28H26N2O9. The van der Waals surface area contributed by atoms with Crippen LogP contribution in [-0.2, 0) is 19.1 Å². The number of nitro groups is 1. The van der Waals surface area contributed by atoms with E-state index in [1.54, 1.807) is 45.0 Å². The molecule has 0 saturated carbocycles. The Morgan fingerprint density at radius 1 is 1.08 bits per heavy atom. The van der Waals surface area contributed by atoms with Gasteiger partial charge in [-0.25, -0.2) is 9.59 Å². The second kappa shape index (κ2) is 11.3. The number of ether oxygens (including phenoxy) is 3. The number of aliphatic imine (C=N–C) groups is 1. The van der Waals surface area contributed by atoms with Crippen LogP contribution in [-0.4, -0.2) is 42.9 Å². The lowest BCUT2D eigenvalue weighted by Crippen LogP contribution is -2.36. The Kier molecular flexibility index (Phi) is 7.89. The Hall–Kier alpha value is -4.80. The van der Waals surface area contributed by atoms with Gasteiger partial charge in [-0.1, -0.05) is 12.1 Å². The van der Waals surface area contributed by atoms with Gasteiger partial charge in [0.25, 0.3) is 5.69 Å². The summed E-state index contributed by atoms with van der Waals surface area (Å²) in [4.78, 5) is 52.9. The van der Waals surface area contributed by atoms with E-state index in [4.69, 9.17) is 18.6 Å². The monoisotopic (exact) mass is 534 g/mol. The molecule has 0 fully saturated rings. The van der Waals surface area contributed by atoms with Crippen LogP contribution in [0.2, 0.25) is 0 Å². The zero-order valence-corrected chi connectivity index (χ0v) is 21.8. The molecule has 202 valence electrons. The molecule has 0 amide bonds. The molecule has 2 heterocycles. The van der Waals surface area contributed by atoms with Gasteiger partial charge in [0.2, 0.25) is 0 Å². The standard InChI is InChI=1S/C28H26N2O9/c1-15-12-23(31)39-22-14-20(8-9-21(15)22)37-10-11-38-28(33)25-17(3)29-16(2)24(27(32)36-4)26(25)18-6-5-7-19(13-18)30(34)35/h5-9,12-14,24,26H,10-11H2,1-4H3. The number of aryl methyl sites for hydroxylation is 1. The lowest BCUT2D eigenvalue weighted by Gasteiger charge is -2.31. The highest BCUT2D eigenvalue weighted by Crippen LogP contribution is 2.41. The molecule has 1 aliphatic heterocycles. The maximum atomic E-state index is 13.3. The quantitative estimate of drug-likeness (QED) is 0.136. The van der Waals surface area contributed by atoms with E-state index >= 15 is 0 Å². The molecule has 2 aromatic carbocycles. The molecular weight excluding hydrogens is 508 g/mol. The van der Waals surface area contributed by atoms with Crippen LogP contribution in [0, 0.1) is 23.0 Å². The van der Waals surface area contributed by atoms with E-state index in [1.165, 1.54) is 31.4 Å². The molecule has 4 rings (SSSR count). The van der Waals surface area contributed by atoms with Gasteiger partial charge in [-0.05, 0) is 44.0 Å². The smallest absolute Gasteiger partial charge is 0.336 e. The predicted molar refractivity (Wildman–Crippen MR) is 141 cm³/mol. The molecule has 0 bridgehead atoms. The average Bonchev–Trinajstić information content (AvgIpc) is 2.89. The largest absolute Gasteiger partial charge is 0.490 e. The molecule has 2 atom stereocenters. The number of carbonyl (C=O) groups is 2. The second-order valence-corrected chi connectivity index (χ2v) is 8.97. The number of carbonyl (C=O) groups excluding carboxylic acids is 2. The summed E-state index contributed by atoms with van der Waals surface area (Å²) in [6, 6.07) is 12.2. The first-order valence-corrected chi connectivity index (χ1v) is 12.0. The molecule has 0 spiro atoms. The van der Waals surface area contributed by atoms with Gasteiger partial charge >= 0.3 is 17.6 Å². The molecule has 0 aliphatic carbocycles. The van der Waals surface area contributed by atoms with Gasteiger partial charge in [0.1, 0.15) is 30.5 Å². The summed E-state index contributed by atoms with van der Waals surface area (Å²) in [5, 5.41) is 12.2. The molecule has 0 saturated heterocycles. The van der Waals surface area contributed by atoms with Gasteiger partial charge in [-0.3, -0.25) is 19.9 Å². The van der Waals surface area contributed by atoms with Crippen LogP contribution >= 0.6 is 0 Å². The Bertz CT molecular complexity index is 1590. The molecule has 0 radical (unpaired) electrons. The SMILES string of the molecule is COC(=O)C1C(C)=NC(C)=C(C(=O)OCCOc2ccc3c(C)cc(=O)oc3c2)C1c1cccc([N+](=O)[O-])c1. The van der Waals surface area contributed by atoms with Crippen LogP contribution in [0.1, 0.15) is 30.9 Å². The fraction of sp³-hybridized carbons (Fsp3) is 0.286. The summed E-state index contributed by atoms with van der Waals surface area (Å²) in [6.45, 7) is 4.90. The van der Waals surface area contributed by atoms with Crippen molar-refractivity contribution in [1.29, 1.82) is 0 Å². The number of non-ortho nitro benzene ring substituents is 1. The van der Waals surface area contributed by atoms with Crippen molar-refractivity contribution in [2.75, 3.05) is 20.3 Å². The maximum Gasteiger partial charge on any atom is 0.336 e. The number of rotatable bonds is 8. The van der Waals surface area contributed by atoms with E-state index < -0.39 is 34.3 Å². The van der Waals surface area contributed by atoms with E-state index in [9.17, 15) is 24.5 Å². The first-order chi connectivity index (χ1) is 18.6. The van der Waals surface area contributed by atoms with E-state index in [1.807, 2.05) is 0 Å². The van der Waals surface area contributed by atoms with Crippen molar-refractivity contribution in [3.8, 4) is 5.75 Å². The molecule has 1 aliphatic rings. The van der Waals surface area contributed by atoms with Gasteiger partial charge in [-0.15, -0.1) is 0 Å². The number of nitrogens with zero attached hydrogens (tertiary/aromatic N) is 2. The zero-order valence-electron chi connectivity index (χ0n) is 21.8. The maximum absolute atomic E-state index is 13.3. The average molecular weight is 535 g/mol. The van der Waals surface area contributed by atoms with Crippen LogP contribution in [0.5, 0.6) is 5.75 Å². The number of hydrogen-bond donors (Lipinski definition) is 0. The molecule has 39 heavy (non-hydrogen) atoms. The molecule has 3 aromatic rings. The van der Waals surface area contributed by atoms with E-state index in [0.29, 0.717) is 28.3 Å². The van der Waals surface area contributed by atoms with Gasteiger partial charge < -0.3 is 18.6 Å². The van der Waals surface area contributed by atoms with Crippen molar-refractivity contribution in [3.63, 3.8) is 0 Å². The fourth-order valence-corrected chi connectivity index (χ4v) is 4.69. The summed E-state index contributed by atoms with van der Waals surface area (Å²) < 4.78 is 21.3. The molecule has 0 N–H and O–H groups in total.